The van der Waals surface area contributed by atoms with Gasteiger partial charge in [0.2, 0.25) is 5.12 Å². The Morgan fingerprint density at radius 2 is 1.96 bits per heavy atom. The predicted molar refractivity (Wildman–Crippen MR) is 113 cm³/mol. The molecule has 2 aromatic carbocycles. The molecular formula is C20H19N3O3S2. The summed E-state index contributed by atoms with van der Waals surface area (Å²) in [7, 11) is 1.97. The monoisotopic (exact) mass is 413 g/mol. The van der Waals surface area contributed by atoms with Crippen LogP contribution in [-0.4, -0.2) is 40.7 Å². The molecule has 1 N–H and O–H groups in total. The van der Waals surface area contributed by atoms with Gasteiger partial charge in [-0.05, 0) is 29.8 Å². The maximum absolute atomic E-state index is 11.7. The Kier molecular flexibility index (Phi) is 5.59. The van der Waals surface area contributed by atoms with Gasteiger partial charge in [0.1, 0.15) is 11.6 Å². The predicted octanol–water partition coefficient (Wildman–Crippen LogP) is 3.95. The molecule has 0 spiro atoms. The van der Waals surface area contributed by atoms with Gasteiger partial charge in [-0.25, -0.2) is 0 Å². The molecule has 3 aromatic rings. The second-order valence-electron chi connectivity index (χ2n) is 6.49. The molecular weight excluding hydrogens is 394 g/mol. The lowest BCUT2D eigenvalue weighted by Gasteiger charge is -2.14. The molecule has 1 aliphatic heterocycles. The fourth-order valence-corrected chi connectivity index (χ4v) is 4.50. The highest BCUT2D eigenvalue weighted by Gasteiger charge is 2.31. The number of rotatable bonds is 7. The fraction of sp³-hybridized carbons (Fsp3) is 0.250. The van der Waals surface area contributed by atoms with Gasteiger partial charge >= 0.3 is 0 Å². The van der Waals surface area contributed by atoms with Crippen molar-refractivity contribution in [3.63, 3.8) is 0 Å². The highest BCUT2D eigenvalue weighted by molar-refractivity contribution is 8.26. The van der Waals surface area contributed by atoms with Gasteiger partial charge in [0.25, 0.3) is 11.3 Å². The van der Waals surface area contributed by atoms with Crippen LogP contribution in [-0.2, 0) is 11.2 Å². The van der Waals surface area contributed by atoms with Crippen LogP contribution in [0.25, 0.3) is 11.1 Å². The Bertz CT molecular complexity index is 970. The van der Waals surface area contributed by atoms with E-state index >= 15 is 0 Å². The van der Waals surface area contributed by atoms with Crippen molar-refractivity contribution >= 4 is 51.0 Å². The van der Waals surface area contributed by atoms with Crippen LogP contribution in [0.1, 0.15) is 5.56 Å². The molecule has 0 aliphatic carbocycles. The van der Waals surface area contributed by atoms with Crippen LogP contribution in [0.15, 0.2) is 57.8 Å². The molecule has 0 saturated carbocycles. The van der Waals surface area contributed by atoms with Crippen molar-refractivity contribution in [1.29, 1.82) is 0 Å². The Labute approximate surface area is 171 Å². The van der Waals surface area contributed by atoms with Crippen molar-refractivity contribution in [1.82, 2.24) is 10.3 Å². The summed E-state index contributed by atoms with van der Waals surface area (Å²) in [5.41, 5.74) is 2.69. The Balaban J connectivity index is 1.27. The SMILES string of the molecule is CN(CCSc1ccc(CC2NC(=O)SC2=O)cc1)c1nc2ccccc2o1. The van der Waals surface area contributed by atoms with Gasteiger partial charge < -0.3 is 14.6 Å². The van der Waals surface area contributed by atoms with Crippen LogP contribution in [0, 0.1) is 0 Å². The number of amides is 1. The maximum atomic E-state index is 11.7. The van der Waals surface area contributed by atoms with Gasteiger partial charge in [-0.3, -0.25) is 9.59 Å². The Hall–Kier alpha value is -2.45. The number of aromatic nitrogens is 1. The first-order valence-electron chi connectivity index (χ1n) is 8.89. The number of thioether (sulfide) groups is 2. The summed E-state index contributed by atoms with van der Waals surface area (Å²) in [6.45, 7) is 0.805. The maximum Gasteiger partial charge on any atom is 0.298 e. The molecule has 1 fully saturated rings. The Morgan fingerprint density at radius 1 is 1.18 bits per heavy atom. The minimum absolute atomic E-state index is 0.106. The number of nitrogens with zero attached hydrogens (tertiary/aromatic N) is 2. The molecule has 1 atom stereocenters. The van der Waals surface area contributed by atoms with E-state index in [0.29, 0.717) is 12.4 Å². The highest BCUT2D eigenvalue weighted by Crippen LogP contribution is 2.24. The minimum Gasteiger partial charge on any atom is -0.423 e. The van der Waals surface area contributed by atoms with Crippen molar-refractivity contribution in [2.75, 3.05) is 24.2 Å². The van der Waals surface area contributed by atoms with E-state index in [0.717, 1.165) is 45.6 Å². The molecule has 1 aromatic heterocycles. The third-order valence-electron chi connectivity index (χ3n) is 4.44. The van der Waals surface area contributed by atoms with Crippen molar-refractivity contribution in [3.05, 3.63) is 54.1 Å². The molecule has 144 valence electrons. The van der Waals surface area contributed by atoms with Gasteiger partial charge in [-0.2, -0.15) is 4.98 Å². The van der Waals surface area contributed by atoms with Gasteiger partial charge in [0.05, 0.1) is 0 Å². The lowest BCUT2D eigenvalue weighted by atomic mass is 10.1. The number of nitrogens with one attached hydrogen (secondary N) is 1. The van der Waals surface area contributed by atoms with Crippen molar-refractivity contribution in [2.24, 2.45) is 0 Å². The number of para-hydroxylation sites is 2. The van der Waals surface area contributed by atoms with Crippen LogP contribution < -0.4 is 10.2 Å². The largest absolute Gasteiger partial charge is 0.423 e. The molecule has 28 heavy (non-hydrogen) atoms. The van der Waals surface area contributed by atoms with Gasteiger partial charge in [-0.15, -0.1) is 11.8 Å². The van der Waals surface area contributed by atoms with E-state index in [1.807, 2.05) is 60.5 Å². The lowest BCUT2D eigenvalue weighted by Crippen LogP contribution is -2.30. The number of carbonyl (C=O) groups excluding carboxylic acids is 2. The molecule has 8 heteroatoms. The van der Waals surface area contributed by atoms with E-state index in [4.69, 9.17) is 4.42 Å². The zero-order valence-corrected chi connectivity index (χ0v) is 16.9. The summed E-state index contributed by atoms with van der Waals surface area (Å²) in [5.74, 6) is 0.891. The number of carbonyl (C=O) groups is 2. The molecule has 1 saturated heterocycles. The summed E-state index contributed by atoms with van der Waals surface area (Å²) in [5, 5.41) is 2.32. The van der Waals surface area contributed by atoms with Crippen LogP contribution in [0.2, 0.25) is 0 Å². The number of anilines is 1. The average molecular weight is 414 g/mol. The van der Waals surface area contributed by atoms with Crippen LogP contribution >= 0.6 is 23.5 Å². The highest BCUT2D eigenvalue weighted by atomic mass is 32.2. The number of oxazole rings is 1. The van der Waals surface area contributed by atoms with Crippen LogP contribution in [0.3, 0.4) is 0 Å². The first kappa shape index (κ1) is 18.9. The molecule has 2 heterocycles. The number of fused-ring (bicyclic) bond motifs is 1. The zero-order chi connectivity index (χ0) is 19.5. The average Bonchev–Trinajstić information content (AvgIpc) is 3.26. The van der Waals surface area contributed by atoms with E-state index in [1.54, 1.807) is 11.8 Å². The van der Waals surface area contributed by atoms with Gasteiger partial charge in [0, 0.05) is 42.4 Å². The third kappa shape index (κ3) is 4.34. The summed E-state index contributed by atoms with van der Waals surface area (Å²) >= 11 is 2.50. The number of benzene rings is 2. The van der Waals surface area contributed by atoms with E-state index in [2.05, 4.69) is 10.3 Å². The number of hydrogen-bond acceptors (Lipinski definition) is 7. The summed E-state index contributed by atoms with van der Waals surface area (Å²) in [6, 6.07) is 16.1. The van der Waals surface area contributed by atoms with E-state index in [-0.39, 0.29) is 10.4 Å². The smallest absolute Gasteiger partial charge is 0.298 e. The summed E-state index contributed by atoms with van der Waals surface area (Å²) in [4.78, 5) is 30.6. The summed E-state index contributed by atoms with van der Waals surface area (Å²) in [6.07, 6.45) is 0.531. The fourth-order valence-electron chi connectivity index (χ4n) is 2.90. The van der Waals surface area contributed by atoms with E-state index in [1.165, 1.54) is 0 Å². The molecule has 6 nitrogen and oxygen atoms in total. The third-order valence-corrected chi connectivity index (χ3v) is 6.22. The van der Waals surface area contributed by atoms with E-state index < -0.39 is 6.04 Å². The van der Waals surface area contributed by atoms with Crippen LogP contribution in [0.5, 0.6) is 0 Å². The minimum atomic E-state index is -0.416. The van der Waals surface area contributed by atoms with Gasteiger partial charge in [-0.1, -0.05) is 24.3 Å². The number of hydrogen-bond donors (Lipinski definition) is 1. The zero-order valence-electron chi connectivity index (χ0n) is 15.3. The molecule has 0 radical (unpaired) electrons. The topological polar surface area (TPSA) is 75.4 Å². The Morgan fingerprint density at radius 3 is 2.68 bits per heavy atom. The van der Waals surface area contributed by atoms with Crippen molar-refractivity contribution in [3.8, 4) is 0 Å². The molecule has 1 aliphatic rings. The second-order valence-corrected chi connectivity index (χ2v) is 8.63. The normalized spacial score (nSPS) is 16.5. The lowest BCUT2D eigenvalue weighted by molar-refractivity contribution is -0.112. The summed E-state index contributed by atoms with van der Waals surface area (Å²) < 4.78 is 5.77. The van der Waals surface area contributed by atoms with Gasteiger partial charge in [0.15, 0.2) is 5.58 Å². The molecule has 4 rings (SSSR count). The first-order valence-corrected chi connectivity index (χ1v) is 10.7. The second kappa shape index (κ2) is 8.28. The molecule has 1 unspecified atom stereocenters. The first-order chi connectivity index (χ1) is 13.6. The van der Waals surface area contributed by atoms with E-state index in [9.17, 15) is 9.59 Å². The van der Waals surface area contributed by atoms with Crippen molar-refractivity contribution in [2.45, 2.75) is 17.4 Å². The molecule has 0 bridgehead atoms. The van der Waals surface area contributed by atoms with Crippen molar-refractivity contribution < 1.29 is 14.0 Å². The van der Waals surface area contributed by atoms with Crippen LogP contribution in [0.4, 0.5) is 10.8 Å². The quantitative estimate of drug-likeness (QED) is 0.588. The molecule has 1 amide bonds. The standard InChI is InChI=1S/C20H19N3O3S2/c1-23(19-21-15-4-2-3-5-17(15)26-19)10-11-27-14-8-6-13(7-9-14)12-16-18(24)28-20(25)22-16/h2-9,16H,10-12H2,1H3,(H,22,25).